The maximum atomic E-state index is 12.8. The number of ether oxygens (including phenoxy) is 1. The van der Waals surface area contributed by atoms with Crippen LogP contribution in [0, 0.1) is 0 Å². The van der Waals surface area contributed by atoms with Crippen molar-refractivity contribution in [3.05, 3.63) is 99.3 Å². The highest BCUT2D eigenvalue weighted by Gasteiger charge is 2.22. The van der Waals surface area contributed by atoms with Gasteiger partial charge in [0.15, 0.2) is 5.78 Å². The molecule has 0 radical (unpaired) electrons. The van der Waals surface area contributed by atoms with E-state index in [9.17, 15) is 14.7 Å². The molecule has 136 valence electrons. The number of carbonyl (C=O) groups excluding carboxylic acids is 2. The average Bonchev–Trinajstić information content (AvgIpc) is 2.73. The van der Waals surface area contributed by atoms with Crippen LogP contribution in [0.25, 0.3) is 0 Å². The lowest BCUT2D eigenvalue weighted by Crippen LogP contribution is -2.13. The zero-order chi connectivity index (χ0) is 19.4. The van der Waals surface area contributed by atoms with Gasteiger partial charge >= 0.3 is 5.97 Å². The van der Waals surface area contributed by atoms with Gasteiger partial charge < -0.3 is 9.84 Å². The summed E-state index contributed by atoms with van der Waals surface area (Å²) in [5.41, 5.74) is 1.64. The van der Waals surface area contributed by atoms with Crippen molar-refractivity contribution in [3.8, 4) is 0 Å². The van der Waals surface area contributed by atoms with E-state index in [2.05, 4.69) is 20.9 Å². The number of ketones is 1. The second kappa shape index (κ2) is 8.24. The molecule has 27 heavy (non-hydrogen) atoms. The highest BCUT2D eigenvalue weighted by Crippen LogP contribution is 2.25. The lowest BCUT2D eigenvalue weighted by Gasteiger charge is -2.14. The van der Waals surface area contributed by atoms with Crippen molar-refractivity contribution in [1.82, 2.24) is 4.98 Å². The summed E-state index contributed by atoms with van der Waals surface area (Å²) in [6.07, 6.45) is 0.537. The summed E-state index contributed by atoms with van der Waals surface area (Å²) >= 11 is 3.30. The number of nitrogens with zero attached hydrogens (tertiary/aromatic N) is 1. The molecule has 0 amide bonds. The number of halogens is 1. The van der Waals surface area contributed by atoms with Gasteiger partial charge in [0.2, 0.25) is 0 Å². The van der Waals surface area contributed by atoms with Gasteiger partial charge in [-0.25, -0.2) is 4.79 Å². The topological polar surface area (TPSA) is 76.5 Å². The number of hydrogen-bond acceptors (Lipinski definition) is 5. The van der Waals surface area contributed by atoms with E-state index in [1.807, 2.05) is 6.07 Å². The molecule has 0 saturated heterocycles. The Labute approximate surface area is 164 Å². The van der Waals surface area contributed by atoms with E-state index in [1.165, 1.54) is 19.2 Å². The molecule has 5 nitrogen and oxygen atoms in total. The van der Waals surface area contributed by atoms with Crippen LogP contribution in [0.4, 0.5) is 0 Å². The molecule has 0 aliphatic carbocycles. The lowest BCUT2D eigenvalue weighted by molar-refractivity contribution is 0.0597. The van der Waals surface area contributed by atoms with Crippen LogP contribution in [-0.2, 0) is 4.74 Å². The fourth-order valence-corrected chi connectivity index (χ4v) is 2.91. The van der Waals surface area contributed by atoms with Crippen LogP contribution in [0.5, 0.6) is 0 Å². The SMILES string of the molecule is COC(=O)c1cc(C(O)c2ccc(Br)cn2)ccc1C(=O)c1ccccc1. The van der Waals surface area contributed by atoms with Crippen LogP contribution in [-0.4, -0.2) is 29.0 Å². The number of benzene rings is 2. The molecular formula is C21H16BrNO4. The van der Waals surface area contributed by atoms with E-state index >= 15 is 0 Å². The van der Waals surface area contributed by atoms with Gasteiger partial charge in [0.1, 0.15) is 6.10 Å². The first kappa shape index (κ1) is 18.9. The van der Waals surface area contributed by atoms with Crippen molar-refractivity contribution in [3.63, 3.8) is 0 Å². The predicted molar refractivity (Wildman–Crippen MR) is 104 cm³/mol. The Morgan fingerprint density at radius 1 is 1.04 bits per heavy atom. The number of rotatable bonds is 5. The molecule has 2 aromatic carbocycles. The van der Waals surface area contributed by atoms with E-state index in [0.717, 1.165) is 4.47 Å². The zero-order valence-corrected chi connectivity index (χ0v) is 16.0. The second-order valence-electron chi connectivity index (χ2n) is 5.80. The van der Waals surface area contributed by atoms with Crippen LogP contribution in [0.1, 0.15) is 43.6 Å². The van der Waals surface area contributed by atoms with E-state index in [1.54, 1.807) is 48.7 Å². The maximum Gasteiger partial charge on any atom is 0.338 e. The number of aliphatic hydroxyl groups is 1. The van der Waals surface area contributed by atoms with Gasteiger partial charge in [-0.15, -0.1) is 0 Å². The van der Waals surface area contributed by atoms with E-state index in [-0.39, 0.29) is 16.9 Å². The van der Waals surface area contributed by atoms with Crippen molar-refractivity contribution in [1.29, 1.82) is 0 Å². The Balaban J connectivity index is 2.03. The summed E-state index contributed by atoms with van der Waals surface area (Å²) in [6.45, 7) is 0. The van der Waals surface area contributed by atoms with Gasteiger partial charge in [0.25, 0.3) is 0 Å². The van der Waals surface area contributed by atoms with Crippen molar-refractivity contribution in [2.24, 2.45) is 0 Å². The minimum Gasteiger partial charge on any atom is -0.465 e. The normalized spacial score (nSPS) is 11.7. The monoisotopic (exact) mass is 425 g/mol. The molecule has 0 bridgehead atoms. The highest BCUT2D eigenvalue weighted by atomic mass is 79.9. The number of methoxy groups -OCH3 is 1. The number of carbonyl (C=O) groups is 2. The van der Waals surface area contributed by atoms with Crippen LogP contribution in [0.15, 0.2) is 71.3 Å². The minimum atomic E-state index is -1.04. The first-order chi connectivity index (χ1) is 13.0. The average molecular weight is 426 g/mol. The van der Waals surface area contributed by atoms with Gasteiger partial charge in [0, 0.05) is 21.8 Å². The van der Waals surface area contributed by atoms with Crippen LogP contribution >= 0.6 is 15.9 Å². The Hall–Kier alpha value is -2.83. The molecule has 1 N–H and O–H groups in total. The second-order valence-corrected chi connectivity index (χ2v) is 6.71. The number of aromatic nitrogens is 1. The summed E-state index contributed by atoms with van der Waals surface area (Å²) in [4.78, 5) is 29.2. The van der Waals surface area contributed by atoms with Gasteiger partial charge in [0.05, 0.1) is 18.4 Å². The first-order valence-electron chi connectivity index (χ1n) is 8.13. The Morgan fingerprint density at radius 3 is 2.41 bits per heavy atom. The molecule has 6 heteroatoms. The molecule has 0 spiro atoms. The Kier molecular flexibility index (Phi) is 5.78. The summed E-state index contributed by atoms with van der Waals surface area (Å²) < 4.78 is 5.61. The Bertz CT molecular complexity index is 971. The fraction of sp³-hybridized carbons (Fsp3) is 0.0952. The molecule has 1 heterocycles. The molecule has 0 aliphatic rings. The van der Waals surface area contributed by atoms with Gasteiger partial charge in [-0.05, 0) is 45.8 Å². The van der Waals surface area contributed by atoms with Crippen molar-refractivity contribution in [2.75, 3.05) is 7.11 Å². The molecule has 0 fully saturated rings. The maximum absolute atomic E-state index is 12.8. The zero-order valence-electron chi connectivity index (χ0n) is 14.4. The largest absolute Gasteiger partial charge is 0.465 e. The van der Waals surface area contributed by atoms with E-state index in [4.69, 9.17) is 4.74 Å². The number of pyridine rings is 1. The molecule has 1 unspecified atom stereocenters. The molecule has 1 atom stereocenters. The molecule has 0 saturated carbocycles. The third-order valence-corrected chi connectivity index (χ3v) is 4.54. The van der Waals surface area contributed by atoms with E-state index in [0.29, 0.717) is 16.8 Å². The summed E-state index contributed by atoms with van der Waals surface area (Å²) in [5, 5.41) is 10.6. The van der Waals surface area contributed by atoms with Gasteiger partial charge in [-0.3, -0.25) is 9.78 Å². The van der Waals surface area contributed by atoms with Gasteiger partial charge in [-0.1, -0.05) is 36.4 Å². The lowest BCUT2D eigenvalue weighted by atomic mass is 9.94. The number of aliphatic hydroxyl groups excluding tert-OH is 1. The minimum absolute atomic E-state index is 0.0972. The summed E-state index contributed by atoms with van der Waals surface area (Å²) in [6, 6.07) is 16.7. The predicted octanol–water partition coefficient (Wildman–Crippen LogP) is 3.94. The third-order valence-electron chi connectivity index (χ3n) is 4.08. The molecule has 1 aromatic heterocycles. The van der Waals surface area contributed by atoms with Crippen molar-refractivity contribution < 1.29 is 19.4 Å². The molecule has 0 aliphatic heterocycles. The van der Waals surface area contributed by atoms with E-state index < -0.39 is 12.1 Å². The smallest absolute Gasteiger partial charge is 0.338 e. The summed E-state index contributed by atoms with van der Waals surface area (Å²) in [7, 11) is 1.25. The standard InChI is InChI=1S/C21H16BrNO4/c1-27-21(26)17-11-14(20(25)18-10-8-15(22)12-23-18)7-9-16(17)19(24)13-5-3-2-4-6-13/h2-12,20,25H,1H3. The first-order valence-corrected chi connectivity index (χ1v) is 8.92. The van der Waals surface area contributed by atoms with Crippen LogP contribution < -0.4 is 0 Å². The summed E-state index contributed by atoms with van der Waals surface area (Å²) in [5.74, 6) is -0.939. The number of hydrogen-bond donors (Lipinski definition) is 1. The quantitative estimate of drug-likeness (QED) is 0.494. The molecule has 3 aromatic rings. The van der Waals surface area contributed by atoms with Crippen LogP contribution in [0.3, 0.4) is 0 Å². The molecule has 3 rings (SSSR count). The van der Waals surface area contributed by atoms with Crippen LogP contribution in [0.2, 0.25) is 0 Å². The van der Waals surface area contributed by atoms with Gasteiger partial charge in [-0.2, -0.15) is 0 Å². The number of esters is 1. The van der Waals surface area contributed by atoms with Crippen molar-refractivity contribution >= 4 is 27.7 Å². The Morgan fingerprint density at radius 2 is 1.78 bits per heavy atom. The fourth-order valence-electron chi connectivity index (χ4n) is 2.67. The third kappa shape index (κ3) is 4.13. The van der Waals surface area contributed by atoms with Crippen molar-refractivity contribution in [2.45, 2.75) is 6.10 Å². The molecular weight excluding hydrogens is 410 g/mol. The highest BCUT2D eigenvalue weighted by molar-refractivity contribution is 9.10.